The van der Waals surface area contributed by atoms with Gasteiger partial charge >= 0.3 is 0 Å². The van der Waals surface area contributed by atoms with Gasteiger partial charge in [-0.2, -0.15) is 0 Å². The van der Waals surface area contributed by atoms with E-state index in [0.717, 1.165) is 5.56 Å². The third kappa shape index (κ3) is 3.85. The van der Waals surface area contributed by atoms with Gasteiger partial charge in [-0.25, -0.2) is 14.4 Å². The Morgan fingerprint density at radius 2 is 1.93 bits per heavy atom. The van der Waals surface area contributed by atoms with Gasteiger partial charge in [0.15, 0.2) is 11.5 Å². The summed E-state index contributed by atoms with van der Waals surface area (Å²) in [4.78, 5) is 21.0. The van der Waals surface area contributed by atoms with Crippen LogP contribution in [0.2, 0.25) is 0 Å². The number of ether oxygens (including phenoxy) is 2. The smallest absolute Gasteiger partial charge is 0.274 e. The molecule has 142 valence electrons. The molecule has 0 bridgehead atoms. The largest absolute Gasteiger partial charge is 0.454 e. The maximum Gasteiger partial charge on any atom is 0.274 e. The van der Waals surface area contributed by atoms with Gasteiger partial charge in [0.2, 0.25) is 12.7 Å². The van der Waals surface area contributed by atoms with E-state index >= 15 is 0 Å². The number of nitrogens with one attached hydrogen (secondary N) is 2. The zero-order valence-corrected chi connectivity index (χ0v) is 15.0. The molecule has 0 aliphatic carbocycles. The van der Waals surface area contributed by atoms with Gasteiger partial charge in [0.25, 0.3) is 5.91 Å². The predicted molar refractivity (Wildman–Crippen MR) is 101 cm³/mol. The van der Waals surface area contributed by atoms with Gasteiger partial charge in [-0.1, -0.05) is 18.2 Å². The van der Waals surface area contributed by atoms with Crippen LogP contribution < -0.4 is 20.1 Å². The SMILES string of the molecule is Cc1cc(C(=O)Nc2ccccc2F)nc(NCc2ccc3c(c2)OCO3)n1. The van der Waals surface area contributed by atoms with E-state index in [0.29, 0.717) is 29.7 Å². The summed E-state index contributed by atoms with van der Waals surface area (Å²) < 4.78 is 24.4. The number of rotatable bonds is 5. The maximum absolute atomic E-state index is 13.7. The molecule has 3 aromatic rings. The molecule has 4 rings (SSSR count). The molecular formula is C20H17FN4O3. The Morgan fingerprint density at radius 1 is 1.11 bits per heavy atom. The van der Waals surface area contributed by atoms with Crippen molar-refractivity contribution in [3.63, 3.8) is 0 Å². The number of para-hydroxylation sites is 1. The standard InChI is InChI=1S/C20H17FN4O3/c1-12-8-16(19(26)24-15-5-3-2-4-14(15)21)25-20(23-12)22-10-13-6-7-17-18(9-13)28-11-27-17/h2-9H,10-11H2,1H3,(H,24,26)(H,22,23,25). The van der Waals surface area contributed by atoms with Crippen LogP contribution in [0.15, 0.2) is 48.5 Å². The number of hydrogen-bond acceptors (Lipinski definition) is 6. The zero-order valence-electron chi connectivity index (χ0n) is 15.0. The van der Waals surface area contributed by atoms with Crippen LogP contribution >= 0.6 is 0 Å². The number of fused-ring (bicyclic) bond motifs is 1. The number of hydrogen-bond donors (Lipinski definition) is 2. The lowest BCUT2D eigenvalue weighted by Gasteiger charge is -2.10. The lowest BCUT2D eigenvalue weighted by Crippen LogP contribution is -2.16. The van der Waals surface area contributed by atoms with Crippen LogP contribution in [0.5, 0.6) is 11.5 Å². The van der Waals surface area contributed by atoms with E-state index in [1.807, 2.05) is 18.2 Å². The molecule has 0 spiro atoms. The summed E-state index contributed by atoms with van der Waals surface area (Å²) in [5.74, 6) is 0.679. The van der Waals surface area contributed by atoms with E-state index in [1.54, 1.807) is 25.1 Å². The highest BCUT2D eigenvalue weighted by Crippen LogP contribution is 2.32. The van der Waals surface area contributed by atoms with Crippen molar-refractivity contribution < 1.29 is 18.7 Å². The second-order valence-corrected chi connectivity index (χ2v) is 6.19. The molecule has 2 aromatic carbocycles. The molecule has 1 aromatic heterocycles. The van der Waals surface area contributed by atoms with Gasteiger partial charge < -0.3 is 20.1 Å². The molecule has 1 aliphatic heterocycles. The topological polar surface area (TPSA) is 85.4 Å². The molecule has 0 atom stereocenters. The molecule has 8 heteroatoms. The highest BCUT2D eigenvalue weighted by molar-refractivity contribution is 6.03. The molecular weight excluding hydrogens is 363 g/mol. The third-order valence-electron chi connectivity index (χ3n) is 4.10. The molecule has 0 unspecified atom stereocenters. The minimum absolute atomic E-state index is 0.0960. The first-order valence-electron chi connectivity index (χ1n) is 8.62. The minimum Gasteiger partial charge on any atom is -0.454 e. The predicted octanol–water partition coefficient (Wildman–Crippen LogP) is 3.52. The molecule has 7 nitrogen and oxygen atoms in total. The quantitative estimate of drug-likeness (QED) is 0.705. The number of carbonyl (C=O) groups is 1. The Kier molecular flexibility index (Phi) is 4.76. The van der Waals surface area contributed by atoms with Gasteiger partial charge in [0, 0.05) is 12.2 Å². The van der Waals surface area contributed by atoms with E-state index in [2.05, 4.69) is 20.6 Å². The highest BCUT2D eigenvalue weighted by Gasteiger charge is 2.15. The van der Waals surface area contributed by atoms with Crippen molar-refractivity contribution in [3.05, 3.63) is 71.3 Å². The van der Waals surface area contributed by atoms with Crippen molar-refractivity contribution in [3.8, 4) is 11.5 Å². The Morgan fingerprint density at radius 3 is 2.79 bits per heavy atom. The summed E-state index contributed by atoms with van der Waals surface area (Å²) >= 11 is 0. The summed E-state index contributed by atoms with van der Waals surface area (Å²) in [6.07, 6.45) is 0. The number of amides is 1. The van der Waals surface area contributed by atoms with Crippen LogP contribution in [-0.4, -0.2) is 22.7 Å². The van der Waals surface area contributed by atoms with Crippen LogP contribution in [0.25, 0.3) is 0 Å². The van der Waals surface area contributed by atoms with E-state index in [1.165, 1.54) is 12.1 Å². The number of halogens is 1. The van der Waals surface area contributed by atoms with Crippen molar-refractivity contribution >= 4 is 17.5 Å². The summed E-state index contributed by atoms with van der Waals surface area (Å²) in [6.45, 7) is 2.41. The molecule has 0 saturated carbocycles. The van der Waals surface area contributed by atoms with E-state index in [-0.39, 0.29) is 18.2 Å². The summed E-state index contributed by atoms with van der Waals surface area (Å²) in [7, 11) is 0. The average Bonchev–Trinajstić information content (AvgIpc) is 3.15. The summed E-state index contributed by atoms with van der Waals surface area (Å²) in [6, 6.07) is 13.1. The van der Waals surface area contributed by atoms with Crippen LogP contribution in [0, 0.1) is 12.7 Å². The monoisotopic (exact) mass is 380 g/mol. The van der Waals surface area contributed by atoms with Crippen molar-refractivity contribution in [2.75, 3.05) is 17.4 Å². The fourth-order valence-electron chi connectivity index (χ4n) is 2.74. The lowest BCUT2D eigenvalue weighted by atomic mass is 10.2. The first-order chi connectivity index (χ1) is 13.6. The second-order valence-electron chi connectivity index (χ2n) is 6.19. The number of aromatic nitrogens is 2. The third-order valence-corrected chi connectivity index (χ3v) is 4.10. The van der Waals surface area contributed by atoms with E-state index < -0.39 is 11.7 Å². The van der Waals surface area contributed by atoms with E-state index in [9.17, 15) is 9.18 Å². The summed E-state index contributed by atoms with van der Waals surface area (Å²) in [5.41, 5.74) is 1.80. The van der Waals surface area contributed by atoms with Crippen LogP contribution in [0.3, 0.4) is 0 Å². The number of aryl methyl sites for hydroxylation is 1. The molecule has 2 N–H and O–H groups in total. The number of benzene rings is 2. The van der Waals surface area contributed by atoms with Crippen LogP contribution in [-0.2, 0) is 6.54 Å². The Bertz CT molecular complexity index is 1040. The van der Waals surface area contributed by atoms with Gasteiger partial charge in [-0.05, 0) is 42.8 Å². The number of anilines is 2. The molecule has 28 heavy (non-hydrogen) atoms. The van der Waals surface area contributed by atoms with Gasteiger partial charge in [-0.3, -0.25) is 4.79 Å². The first-order valence-corrected chi connectivity index (χ1v) is 8.62. The molecule has 1 aliphatic rings. The van der Waals surface area contributed by atoms with Gasteiger partial charge in [-0.15, -0.1) is 0 Å². The van der Waals surface area contributed by atoms with Crippen LogP contribution in [0.4, 0.5) is 16.0 Å². The lowest BCUT2D eigenvalue weighted by molar-refractivity contribution is 0.102. The fraction of sp³-hybridized carbons (Fsp3) is 0.150. The molecule has 0 radical (unpaired) electrons. The zero-order chi connectivity index (χ0) is 19.5. The maximum atomic E-state index is 13.7. The summed E-state index contributed by atoms with van der Waals surface area (Å²) in [5, 5.41) is 5.61. The molecule has 2 heterocycles. The Balaban J connectivity index is 1.47. The van der Waals surface area contributed by atoms with E-state index in [4.69, 9.17) is 9.47 Å². The number of nitrogens with zero attached hydrogens (tertiary/aromatic N) is 2. The average molecular weight is 380 g/mol. The minimum atomic E-state index is -0.512. The van der Waals surface area contributed by atoms with Crippen LogP contribution in [0.1, 0.15) is 21.7 Å². The first kappa shape index (κ1) is 17.7. The van der Waals surface area contributed by atoms with Gasteiger partial charge in [0.05, 0.1) is 5.69 Å². The molecule has 0 saturated heterocycles. The number of carbonyl (C=O) groups excluding carboxylic acids is 1. The fourth-order valence-corrected chi connectivity index (χ4v) is 2.74. The van der Waals surface area contributed by atoms with Crippen molar-refractivity contribution in [2.45, 2.75) is 13.5 Å². The second kappa shape index (κ2) is 7.51. The highest BCUT2D eigenvalue weighted by atomic mass is 19.1. The molecule has 0 fully saturated rings. The Labute approximate surface area is 160 Å². The van der Waals surface area contributed by atoms with Crippen molar-refractivity contribution in [2.24, 2.45) is 0 Å². The Hall–Kier alpha value is -3.68. The normalized spacial score (nSPS) is 11.9. The van der Waals surface area contributed by atoms with Gasteiger partial charge in [0.1, 0.15) is 11.5 Å². The molecule has 1 amide bonds. The van der Waals surface area contributed by atoms with Crippen molar-refractivity contribution in [1.29, 1.82) is 0 Å². The van der Waals surface area contributed by atoms with Crippen molar-refractivity contribution in [1.82, 2.24) is 9.97 Å².